The van der Waals surface area contributed by atoms with Gasteiger partial charge in [0.2, 0.25) is 0 Å². The Bertz CT molecular complexity index is 1040. The minimum atomic E-state index is 0.126. The fraction of sp³-hybridized carbons (Fsp3) is 0.435. The van der Waals surface area contributed by atoms with Crippen molar-refractivity contribution in [3.63, 3.8) is 0 Å². The molecule has 0 bridgehead atoms. The van der Waals surface area contributed by atoms with Crippen LogP contribution in [0.4, 0.5) is 0 Å². The monoisotopic (exact) mass is 389 g/mol. The molecule has 150 valence electrons. The Morgan fingerprint density at radius 3 is 2.90 bits per heavy atom. The van der Waals surface area contributed by atoms with E-state index in [1.165, 1.54) is 19.4 Å². The lowest BCUT2D eigenvalue weighted by Crippen LogP contribution is -2.39. The summed E-state index contributed by atoms with van der Waals surface area (Å²) in [5.41, 5.74) is 3.37. The summed E-state index contributed by atoms with van der Waals surface area (Å²) < 4.78 is 1.89. The van der Waals surface area contributed by atoms with Crippen LogP contribution in [0.2, 0.25) is 0 Å². The van der Waals surface area contributed by atoms with Crippen LogP contribution in [-0.2, 0) is 6.54 Å². The summed E-state index contributed by atoms with van der Waals surface area (Å²) in [4.78, 5) is 23.1. The number of benzene rings is 1. The van der Waals surface area contributed by atoms with Crippen LogP contribution in [0.5, 0.6) is 0 Å². The highest BCUT2D eigenvalue weighted by molar-refractivity contribution is 6.07. The molecule has 1 atom stereocenters. The van der Waals surface area contributed by atoms with Crippen molar-refractivity contribution in [3.05, 3.63) is 48.3 Å². The minimum Gasteiger partial charge on any atom is -0.337 e. The summed E-state index contributed by atoms with van der Waals surface area (Å²) in [6.07, 6.45) is 7.31. The maximum Gasteiger partial charge on any atom is 0.254 e. The molecule has 1 amide bonds. The summed E-state index contributed by atoms with van der Waals surface area (Å²) in [5, 5.41) is 5.31. The predicted molar refractivity (Wildman–Crippen MR) is 114 cm³/mol. The molecular weight excluding hydrogens is 362 g/mol. The number of hydrogen-bond acceptors (Lipinski definition) is 4. The second-order valence-corrected chi connectivity index (χ2v) is 8.09. The third-order valence-electron chi connectivity index (χ3n) is 6.29. The van der Waals surface area contributed by atoms with Crippen molar-refractivity contribution >= 4 is 16.8 Å². The molecule has 5 rings (SSSR count). The molecule has 0 saturated carbocycles. The molecule has 0 radical (unpaired) electrons. The van der Waals surface area contributed by atoms with Crippen LogP contribution in [0, 0.1) is 0 Å². The molecule has 2 aliphatic heterocycles. The van der Waals surface area contributed by atoms with Crippen LogP contribution >= 0.6 is 0 Å². The van der Waals surface area contributed by atoms with E-state index in [2.05, 4.69) is 21.8 Å². The average Bonchev–Trinajstić information content (AvgIpc) is 3.37. The van der Waals surface area contributed by atoms with Crippen molar-refractivity contribution in [2.24, 2.45) is 0 Å². The number of fused-ring (bicyclic) bond motifs is 2. The fourth-order valence-electron chi connectivity index (χ4n) is 4.73. The number of rotatable bonds is 3. The largest absolute Gasteiger partial charge is 0.337 e. The van der Waals surface area contributed by atoms with Crippen molar-refractivity contribution in [2.75, 3.05) is 26.2 Å². The van der Waals surface area contributed by atoms with Gasteiger partial charge in [-0.25, -0.2) is 4.98 Å². The molecule has 0 unspecified atom stereocenters. The van der Waals surface area contributed by atoms with Crippen molar-refractivity contribution < 1.29 is 4.79 Å². The first-order valence-corrected chi connectivity index (χ1v) is 10.7. The van der Waals surface area contributed by atoms with Crippen LogP contribution in [-0.4, -0.2) is 62.7 Å². The fourth-order valence-corrected chi connectivity index (χ4v) is 4.73. The molecule has 2 fully saturated rings. The lowest BCUT2D eigenvalue weighted by atomic mass is 10.0. The molecule has 0 spiro atoms. The molecule has 2 aliphatic rings. The third kappa shape index (κ3) is 3.42. The van der Waals surface area contributed by atoms with E-state index in [0.29, 0.717) is 6.04 Å². The van der Waals surface area contributed by atoms with Crippen LogP contribution < -0.4 is 0 Å². The molecule has 0 aliphatic carbocycles. The number of carbonyl (C=O) groups excluding carboxylic acids is 1. The van der Waals surface area contributed by atoms with E-state index in [4.69, 9.17) is 4.98 Å². The van der Waals surface area contributed by atoms with Gasteiger partial charge in [0.25, 0.3) is 5.91 Å². The smallest absolute Gasteiger partial charge is 0.254 e. The quantitative estimate of drug-likeness (QED) is 0.689. The minimum absolute atomic E-state index is 0.126. The standard InChI is InChI=1S/C23H27N5O/c1-2-28-15-17(14-24-28)22-13-20(19-8-3-4-9-21(19)25-22)23(29)27-12-6-11-26-10-5-7-18(26)16-27/h3-4,8-9,13-15,18H,2,5-7,10-12,16H2,1H3/t18-/m0/s1. The zero-order valence-corrected chi connectivity index (χ0v) is 16.9. The van der Waals surface area contributed by atoms with Gasteiger partial charge in [0.15, 0.2) is 0 Å². The highest BCUT2D eigenvalue weighted by Crippen LogP contribution is 2.27. The van der Waals surface area contributed by atoms with Gasteiger partial charge in [0, 0.05) is 49.4 Å². The maximum atomic E-state index is 13.7. The molecule has 2 saturated heterocycles. The molecular formula is C23H27N5O. The van der Waals surface area contributed by atoms with Gasteiger partial charge < -0.3 is 4.90 Å². The van der Waals surface area contributed by atoms with Crippen molar-refractivity contribution in [1.82, 2.24) is 24.6 Å². The van der Waals surface area contributed by atoms with Crippen LogP contribution in [0.25, 0.3) is 22.2 Å². The highest BCUT2D eigenvalue weighted by Gasteiger charge is 2.31. The van der Waals surface area contributed by atoms with E-state index in [-0.39, 0.29) is 5.91 Å². The van der Waals surface area contributed by atoms with E-state index in [9.17, 15) is 4.79 Å². The third-order valence-corrected chi connectivity index (χ3v) is 6.29. The topological polar surface area (TPSA) is 54.3 Å². The SMILES string of the molecule is CCn1cc(-c2cc(C(=O)N3CCCN4CCC[C@H]4C3)c3ccccc3n2)cn1. The van der Waals surface area contributed by atoms with Gasteiger partial charge in [-0.1, -0.05) is 18.2 Å². The van der Waals surface area contributed by atoms with E-state index >= 15 is 0 Å². The first-order chi connectivity index (χ1) is 14.2. The van der Waals surface area contributed by atoms with Crippen molar-refractivity contribution in [2.45, 2.75) is 38.8 Å². The number of pyridine rings is 1. The van der Waals surface area contributed by atoms with Gasteiger partial charge >= 0.3 is 0 Å². The summed E-state index contributed by atoms with van der Waals surface area (Å²) in [7, 11) is 0. The van der Waals surface area contributed by atoms with Crippen molar-refractivity contribution in [3.8, 4) is 11.3 Å². The highest BCUT2D eigenvalue weighted by atomic mass is 16.2. The summed E-state index contributed by atoms with van der Waals surface area (Å²) in [6.45, 7) is 6.81. The summed E-state index contributed by atoms with van der Waals surface area (Å²) in [5.74, 6) is 0.126. The first-order valence-electron chi connectivity index (χ1n) is 10.7. The lowest BCUT2D eigenvalue weighted by molar-refractivity contribution is 0.0745. The number of amides is 1. The van der Waals surface area contributed by atoms with Gasteiger partial charge in [-0.15, -0.1) is 0 Å². The molecule has 1 aromatic carbocycles. The van der Waals surface area contributed by atoms with Crippen LogP contribution in [0.3, 0.4) is 0 Å². The first kappa shape index (κ1) is 18.3. The summed E-state index contributed by atoms with van der Waals surface area (Å²) >= 11 is 0. The van der Waals surface area contributed by atoms with Gasteiger partial charge in [-0.05, 0) is 44.9 Å². The number of carbonyl (C=O) groups is 1. The molecule has 3 aromatic rings. The van der Waals surface area contributed by atoms with E-state index in [1.807, 2.05) is 47.4 Å². The Morgan fingerprint density at radius 2 is 2.03 bits per heavy atom. The van der Waals surface area contributed by atoms with Crippen molar-refractivity contribution in [1.29, 1.82) is 0 Å². The Hall–Kier alpha value is -2.73. The van der Waals surface area contributed by atoms with E-state index in [1.54, 1.807) is 0 Å². The van der Waals surface area contributed by atoms with E-state index in [0.717, 1.165) is 60.3 Å². The van der Waals surface area contributed by atoms with Gasteiger partial charge in [-0.3, -0.25) is 14.4 Å². The number of hydrogen-bond donors (Lipinski definition) is 0. The normalized spacial score (nSPS) is 20.0. The Balaban J connectivity index is 1.55. The maximum absolute atomic E-state index is 13.7. The average molecular weight is 390 g/mol. The number of aryl methyl sites for hydroxylation is 1. The lowest BCUT2D eigenvalue weighted by Gasteiger charge is -2.26. The number of aromatic nitrogens is 3. The molecule has 2 aromatic heterocycles. The zero-order valence-electron chi connectivity index (χ0n) is 16.9. The molecule has 0 N–H and O–H groups in total. The van der Waals surface area contributed by atoms with Gasteiger partial charge in [-0.2, -0.15) is 5.10 Å². The molecule has 6 heteroatoms. The zero-order chi connectivity index (χ0) is 19.8. The Labute approximate surface area is 171 Å². The van der Waals surface area contributed by atoms with Gasteiger partial charge in [0.05, 0.1) is 23.0 Å². The molecule has 6 nitrogen and oxygen atoms in total. The predicted octanol–water partition coefficient (Wildman–Crippen LogP) is 3.43. The van der Waals surface area contributed by atoms with Crippen LogP contribution in [0.1, 0.15) is 36.5 Å². The second-order valence-electron chi connectivity index (χ2n) is 8.09. The number of para-hydroxylation sites is 1. The molecule has 29 heavy (non-hydrogen) atoms. The van der Waals surface area contributed by atoms with Gasteiger partial charge in [0.1, 0.15) is 0 Å². The number of nitrogens with zero attached hydrogens (tertiary/aromatic N) is 5. The molecule has 4 heterocycles. The summed E-state index contributed by atoms with van der Waals surface area (Å²) in [6, 6.07) is 10.4. The Kier molecular flexibility index (Phi) is 4.79. The van der Waals surface area contributed by atoms with E-state index < -0.39 is 0 Å². The van der Waals surface area contributed by atoms with Crippen LogP contribution in [0.15, 0.2) is 42.7 Å². The Morgan fingerprint density at radius 1 is 1.17 bits per heavy atom. The second kappa shape index (κ2) is 7.59.